The highest BCUT2D eigenvalue weighted by molar-refractivity contribution is 9.10. The Morgan fingerprint density at radius 3 is 2.92 bits per heavy atom. The summed E-state index contributed by atoms with van der Waals surface area (Å²) >= 11 is 3.46. The number of esters is 1. The number of fused-ring (bicyclic) bond motifs is 1. The quantitative estimate of drug-likeness (QED) is 0.644. The Morgan fingerprint density at radius 1 is 1.21 bits per heavy atom. The maximum atomic E-state index is 12.0. The molecule has 0 spiro atoms. The van der Waals surface area contributed by atoms with Crippen LogP contribution < -0.4 is 5.32 Å². The first-order chi connectivity index (χ1) is 11.7. The fraction of sp³-hybridized carbons (Fsp3) is 0.167. The first kappa shape index (κ1) is 16.4. The van der Waals surface area contributed by atoms with Crippen molar-refractivity contribution in [2.24, 2.45) is 0 Å². The fourth-order valence-corrected chi connectivity index (χ4v) is 2.63. The topological polar surface area (TPSA) is 64.1 Å². The SMILES string of the molecule is CCCOC(=O)c1cccc(Nc2ncnc3ccc(Br)cc23)c1. The van der Waals surface area contributed by atoms with E-state index in [1.807, 2.05) is 37.3 Å². The van der Waals surface area contributed by atoms with Gasteiger partial charge < -0.3 is 10.1 Å². The van der Waals surface area contributed by atoms with Gasteiger partial charge in [-0.3, -0.25) is 0 Å². The summed E-state index contributed by atoms with van der Waals surface area (Å²) in [5.41, 5.74) is 2.11. The van der Waals surface area contributed by atoms with Gasteiger partial charge in [-0.1, -0.05) is 28.9 Å². The summed E-state index contributed by atoms with van der Waals surface area (Å²) in [7, 11) is 0. The van der Waals surface area contributed by atoms with Gasteiger partial charge in [0.05, 0.1) is 17.7 Å². The van der Waals surface area contributed by atoms with Crippen LogP contribution in [0.3, 0.4) is 0 Å². The van der Waals surface area contributed by atoms with Crippen molar-refractivity contribution < 1.29 is 9.53 Å². The first-order valence-corrected chi connectivity index (χ1v) is 8.41. The van der Waals surface area contributed by atoms with Crippen LogP contribution in [0.25, 0.3) is 10.9 Å². The normalized spacial score (nSPS) is 10.6. The van der Waals surface area contributed by atoms with E-state index >= 15 is 0 Å². The summed E-state index contributed by atoms with van der Waals surface area (Å²) in [4.78, 5) is 20.5. The van der Waals surface area contributed by atoms with E-state index in [1.54, 1.807) is 12.1 Å². The lowest BCUT2D eigenvalue weighted by Crippen LogP contribution is -2.06. The molecule has 3 aromatic rings. The zero-order valence-corrected chi connectivity index (χ0v) is 14.7. The van der Waals surface area contributed by atoms with E-state index < -0.39 is 0 Å². The highest BCUT2D eigenvalue weighted by Crippen LogP contribution is 2.26. The van der Waals surface area contributed by atoms with Crippen LogP contribution in [-0.4, -0.2) is 22.5 Å². The molecule has 0 fully saturated rings. The Morgan fingerprint density at radius 2 is 2.08 bits per heavy atom. The molecule has 0 aliphatic rings. The molecule has 122 valence electrons. The van der Waals surface area contributed by atoms with Crippen LogP contribution in [0.15, 0.2) is 53.3 Å². The molecule has 0 saturated carbocycles. The first-order valence-electron chi connectivity index (χ1n) is 7.62. The van der Waals surface area contributed by atoms with Crippen LogP contribution in [0.5, 0.6) is 0 Å². The molecule has 0 bridgehead atoms. The number of nitrogens with zero attached hydrogens (tertiary/aromatic N) is 2. The molecule has 0 aliphatic heterocycles. The molecule has 1 aromatic heterocycles. The van der Waals surface area contributed by atoms with E-state index in [-0.39, 0.29) is 5.97 Å². The van der Waals surface area contributed by atoms with Gasteiger partial charge in [0, 0.05) is 15.5 Å². The second-order valence-corrected chi connectivity index (χ2v) is 6.14. The predicted octanol–water partition coefficient (Wildman–Crippen LogP) is 4.70. The minimum absolute atomic E-state index is 0.323. The Kier molecular flexibility index (Phi) is 5.05. The zero-order valence-electron chi connectivity index (χ0n) is 13.1. The molecule has 5 nitrogen and oxygen atoms in total. The van der Waals surface area contributed by atoms with Crippen molar-refractivity contribution in [3.63, 3.8) is 0 Å². The Balaban J connectivity index is 1.89. The monoisotopic (exact) mass is 385 g/mol. The van der Waals surface area contributed by atoms with Gasteiger partial charge in [-0.25, -0.2) is 14.8 Å². The van der Waals surface area contributed by atoms with Gasteiger partial charge in [0.2, 0.25) is 0 Å². The summed E-state index contributed by atoms with van der Waals surface area (Å²) in [6, 6.07) is 13.0. The van der Waals surface area contributed by atoms with E-state index in [0.717, 1.165) is 27.5 Å². The third-order valence-electron chi connectivity index (χ3n) is 3.40. The number of hydrogen-bond acceptors (Lipinski definition) is 5. The standard InChI is InChI=1S/C18H16BrN3O2/c1-2-8-24-18(23)12-4-3-5-14(9-12)22-17-15-10-13(19)6-7-16(15)20-11-21-17/h3-7,9-11H,2,8H2,1H3,(H,20,21,22). The van der Waals surface area contributed by atoms with E-state index in [4.69, 9.17) is 4.74 Å². The van der Waals surface area contributed by atoms with Gasteiger partial charge in [-0.2, -0.15) is 0 Å². The highest BCUT2D eigenvalue weighted by atomic mass is 79.9. The number of anilines is 2. The molecule has 0 amide bonds. The number of carbonyl (C=O) groups is 1. The number of nitrogens with one attached hydrogen (secondary N) is 1. The maximum absolute atomic E-state index is 12.0. The molecule has 2 aromatic carbocycles. The average molecular weight is 386 g/mol. The van der Waals surface area contributed by atoms with Gasteiger partial charge in [0.25, 0.3) is 0 Å². The average Bonchev–Trinajstić information content (AvgIpc) is 2.60. The smallest absolute Gasteiger partial charge is 0.338 e. The largest absolute Gasteiger partial charge is 0.462 e. The van der Waals surface area contributed by atoms with Crippen LogP contribution in [0.4, 0.5) is 11.5 Å². The van der Waals surface area contributed by atoms with Crippen LogP contribution in [0, 0.1) is 0 Å². The van der Waals surface area contributed by atoms with Crippen molar-refractivity contribution in [2.45, 2.75) is 13.3 Å². The second kappa shape index (κ2) is 7.40. The van der Waals surface area contributed by atoms with Gasteiger partial charge >= 0.3 is 5.97 Å². The molecular weight excluding hydrogens is 370 g/mol. The van der Waals surface area contributed by atoms with Gasteiger partial charge in [-0.05, 0) is 42.8 Å². The Labute approximate surface area is 148 Å². The van der Waals surface area contributed by atoms with Crippen LogP contribution in [0.2, 0.25) is 0 Å². The van der Waals surface area contributed by atoms with E-state index in [1.165, 1.54) is 6.33 Å². The van der Waals surface area contributed by atoms with Gasteiger partial charge in [0.1, 0.15) is 12.1 Å². The number of halogens is 1. The number of aromatic nitrogens is 2. The summed E-state index contributed by atoms with van der Waals surface area (Å²) in [6.45, 7) is 2.38. The van der Waals surface area contributed by atoms with E-state index in [0.29, 0.717) is 18.0 Å². The zero-order chi connectivity index (χ0) is 16.9. The highest BCUT2D eigenvalue weighted by Gasteiger charge is 2.09. The van der Waals surface area contributed by atoms with Gasteiger partial charge in [-0.15, -0.1) is 0 Å². The lowest BCUT2D eigenvalue weighted by molar-refractivity contribution is 0.0505. The molecule has 0 radical (unpaired) electrons. The minimum atomic E-state index is -0.323. The summed E-state index contributed by atoms with van der Waals surface area (Å²) in [5, 5.41) is 4.14. The molecule has 0 saturated heterocycles. The number of rotatable bonds is 5. The second-order valence-electron chi connectivity index (χ2n) is 5.23. The molecule has 3 rings (SSSR count). The molecule has 6 heteroatoms. The fourth-order valence-electron chi connectivity index (χ4n) is 2.27. The summed E-state index contributed by atoms with van der Waals surface area (Å²) < 4.78 is 6.12. The van der Waals surface area contributed by atoms with Crippen LogP contribution in [0.1, 0.15) is 23.7 Å². The Hall–Kier alpha value is -2.47. The van der Waals surface area contributed by atoms with Crippen molar-refractivity contribution in [3.8, 4) is 0 Å². The molecule has 0 atom stereocenters. The van der Waals surface area contributed by atoms with Crippen molar-refractivity contribution in [3.05, 3.63) is 58.8 Å². The summed E-state index contributed by atoms with van der Waals surface area (Å²) in [5.74, 6) is 0.358. The lowest BCUT2D eigenvalue weighted by atomic mass is 10.2. The van der Waals surface area contributed by atoms with Crippen molar-refractivity contribution in [2.75, 3.05) is 11.9 Å². The van der Waals surface area contributed by atoms with Crippen LogP contribution >= 0.6 is 15.9 Å². The number of benzene rings is 2. The summed E-state index contributed by atoms with van der Waals surface area (Å²) in [6.07, 6.45) is 2.31. The van der Waals surface area contributed by atoms with E-state index in [2.05, 4.69) is 31.2 Å². The predicted molar refractivity (Wildman–Crippen MR) is 97.5 cm³/mol. The lowest BCUT2D eigenvalue weighted by Gasteiger charge is -2.10. The Bertz CT molecular complexity index is 883. The molecule has 0 unspecified atom stereocenters. The minimum Gasteiger partial charge on any atom is -0.462 e. The molecule has 0 aliphatic carbocycles. The number of hydrogen-bond donors (Lipinski definition) is 1. The third kappa shape index (κ3) is 3.71. The number of carbonyl (C=O) groups excluding carboxylic acids is 1. The molecule has 24 heavy (non-hydrogen) atoms. The molecule has 1 N–H and O–H groups in total. The third-order valence-corrected chi connectivity index (χ3v) is 3.89. The molecule has 1 heterocycles. The van der Waals surface area contributed by atoms with Crippen molar-refractivity contribution in [1.29, 1.82) is 0 Å². The van der Waals surface area contributed by atoms with E-state index in [9.17, 15) is 4.79 Å². The number of ether oxygens (including phenoxy) is 1. The van der Waals surface area contributed by atoms with Gasteiger partial charge in [0.15, 0.2) is 0 Å². The molecular formula is C18H16BrN3O2. The van der Waals surface area contributed by atoms with Crippen molar-refractivity contribution >= 4 is 44.3 Å². The maximum Gasteiger partial charge on any atom is 0.338 e. The van der Waals surface area contributed by atoms with Crippen LogP contribution in [-0.2, 0) is 4.74 Å². The van der Waals surface area contributed by atoms with Crippen molar-refractivity contribution in [1.82, 2.24) is 9.97 Å².